The first-order chi connectivity index (χ1) is 13.7. The number of sulfonamides is 1. The van der Waals surface area contributed by atoms with E-state index in [4.69, 9.17) is 16.3 Å². The first-order valence-corrected chi connectivity index (χ1v) is 10.6. The lowest BCUT2D eigenvalue weighted by molar-refractivity contribution is -0.129. The molecule has 156 valence electrons. The van der Waals surface area contributed by atoms with Gasteiger partial charge in [0.2, 0.25) is 15.9 Å². The average Bonchev–Trinajstić information content (AvgIpc) is 2.67. The van der Waals surface area contributed by atoms with Crippen molar-refractivity contribution in [3.8, 4) is 5.75 Å². The predicted molar refractivity (Wildman–Crippen MR) is 109 cm³/mol. The standard InChI is InChI=1S/C19H22ClN3O5S/c1-13-3-6-16(7-4-13)29(26,27)21-10-9-18(24)22-23-19(25)12-28-15-5-8-17(20)14(2)11-15/h3-8,11,21H,9-10,12H2,1-2H3,(H,22,24)(H,23,25). The zero-order valence-electron chi connectivity index (χ0n) is 16.0. The number of amides is 2. The molecule has 2 aromatic carbocycles. The lowest BCUT2D eigenvalue weighted by Gasteiger charge is -2.10. The summed E-state index contributed by atoms with van der Waals surface area (Å²) >= 11 is 5.91. The summed E-state index contributed by atoms with van der Waals surface area (Å²) in [5.74, 6) is -0.641. The van der Waals surface area contributed by atoms with Crippen LogP contribution in [0.2, 0.25) is 5.02 Å². The maximum atomic E-state index is 12.1. The van der Waals surface area contributed by atoms with Gasteiger partial charge in [0, 0.05) is 18.0 Å². The molecule has 0 aliphatic rings. The number of hydrogen-bond donors (Lipinski definition) is 3. The molecule has 0 saturated carbocycles. The van der Waals surface area contributed by atoms with Crippen molar-refractivity contribution in [3.63, 3.8) is 0 Å². The molecule has 0 aliphatic heterocycles. The van der Waals surface area contributed by atoms with E-state index in [1.165, 1.54) is 12.1 Å². The largest absolute Gasteiger partial charge is 0.484 e. The number of halogens is 1. The van der Waals surface area contributed by atoms with Crippen molar-refractivity contribution in [2.24, 2.45) is 0 Å². The van der Waals surface area contributed by atoms with Gasteiger partial charge in [0.15, 0.2) is 6.61 Å². The van der Waals surface area contributed by atoms with E-state index in [0.29, 0.717) is 10.8 Å². The van der Waals surface area contributed by atoms with Crippen LogP contribution in [-0.2, 0) is 19.6 Å². The fraction of sp³-hybridized carbons (Fsp3) is 0.263. The van der Waals surface area contributed by atoms with Crippen LogP contribution in [0, 0.1) is 13.8 Å². The van der Waals surface area contributed by atoms with Crippen molar-refractivity contribution in [3.05, 3.63) is 58.6 Å². The van der Waals surface area contributed by atoms with Crippen LogP contribution >= 0.6 is 11.6 Å². The molecule has 0 saturated heterocycles. The Morgan fingerprint density at radius 1 is 1.00 bits per heavy atom. The number of hydrazine groups is 1. The Morgan fingerprint density at radius 2 is 1.66 bits per heavy atom. The highest BCUT2D eigenvalue weighted by atomic mass is 35.5. The summed E-state index contributed by atoms with van der Waals surface area (Å²) in [5, 5.41) is 0.590. The van der Waals surface area contributed by atoms with Gasteiger partial charge in [-0.15, -0.1) is 0 Å². The molecule has 2 rings (SSSR count). The summed E-state index contributed by atoms with van der Waals surface area (Å²) in [7, 11) is -3.70. The second kappa shape index (κ2) is 10.2. The minimum absolute atomic E-state index is 0.113. The van der Waals surface area contributed by atoms with Crippen LogP contribution in [0.1, 0.15) is 17.5 Å². The number of carbonyl (C=O) groups is 2. The topological polar surface area (TPSA) is 114 Å². The van der Waals surface area contributed by atoms with Gasteiger partial charge < -0.3 is 4.74 Å². The lowest BCUT2D eigenvalue weighted by Crippen LogP contribution is -2.44. The minimum atomic E-state index is -3.70. The summed E-state index contributed by atoms with van der Waals surface area (Å²) in [5.41, 5.74) is 6.15. The number of aryl methyl sites for hydroxylation is 2. The molecule has 0 unspecified atom stereocenters. The Balaban J connectivity index is 1.69. The Morgan fingerprint density at radius 3 is 2.31 bits per heavy atom. The predicted octanol–water partition coefficient (Wildman–Crippen LogP) is 1.85. The van der Waals surface area contributed by atoms with Crippen LogP contribution in [0.5, 0.6) is 5.75 Å². The lowest BCUT2D eigenvalue weighted by atomic mass is 10.2. The van der Waals surface area contributed by atoms with Gasteiger partial charge in [-0.05, 0) is 49.7 Å². The Hall–Kier alpha value is -2.62. The van der Waals surface area contributed by atoms with E-state index in [-0.39, 0.29) is 24.5 Å². The molecule has 8 nitrogen and oxygen atoms in total. The molecule has 2 aromatic rings. The van der Waals surface area contributed by atoms with Crippen LogP contribution in [-0.4, -0.2) is 33.4 Å². The van der Waals surface area contributed by atoms with Gasteiger partial charge in [-0.3, -0.25) is 20.4 Å². The Labute approximate surface area is 174 Å². The molecular weight excluding hydrogens is 418 g/mol. The molecule has 2 amide bonds. The summed E-state index contributed by atoms with van der Waals surface area (Å²) in [6.07, 6.45) is -0.150. The van der Waals surface area contributed by atoms with E-state index in [0.717, 1.165) is 11.1 Å². The molecule has 0 fully saturated rings. The SMILES string of the molecule is Cc1ccc(S(=O)(=O)NCCC(=O)NNC(=O)COc2ccc(Cl)c(C)c2)cc1. The highest BCUT2D eigenvalue weighted by molar-refractivity contribution is 7.89. The van der Waals surface area contributed by atoms with Gasteiger partial charge >= 0.3 is 0 Å². The molecule has 0 aromatic heterocycles. The molecule has 10 heteroatoms. The van der Waals surface area contributed by atoms with Gasteiger partial charge in [0.1, 0.15) is 5.75 Å². The van der Waals surface area contributed by atoms with Crippen LogP contribution in [0.25, 0.3) is 0 Å². The van der Waals surface area contributed by atoms with Crippen molar-refractivity contribution in [2.45, 2.75) is 25.2 Å². The van der Waals surface area contributed by atoms with Crippen molar-refractivity contribution in [1.29, 1.82) is 0 Å². The Kier molecular flexibility index (Phi) is 8.00. The zero-order chi connectivity index (χ0) is 21.4. The van der Waals surface area contributed by atoms with Crippen LogP contribution in [0.3, 0.4) is 0 Å². The molecule has 0 spiro atoms. The molecule has 0 bridgehead atoms. The van der Waals surface area contributed by atoms with E-state index >= 15 is 0 Å². The van der Waals surface area contributed by atoms with Gasteiger partial charge in [-0.25, -0.2) is 13.1 Å². The Bertz CT molecular complexity index is 978. The van der Waals surface area contributed by atoms with E-state index in [2.05, 4.69) is 15.6 Å². The third-order valence-electron chi connectivity index (χ3n) is 3.82. The first-order valence-electron chi connectivity index (χ1n) is 8.70. The van der Waals surface area contributed by atoms with Crippen LogP contribution in [0.4, 0.5) is 0 Å². The smallest absolute Gasteiger partial charge is 0.276 e. The number of hydrogen-bond acceptors (Lipinski definition) is 5. The summed E-state index contributed by atoms with van der Waals surface area (Å²) in [4.78, 5) is 23.6. The second-order valence-corrected chi connectivity index (χ2v) is 8.43. The van der Waals surface area contributed by atoms with E-state index in [9.17, 15) is 18.0 Å². The van der Waals surface area contributed by atoms with E-state index in [1.54, 1.807) is 30.3 Å². The highest BCUT2D eigenvalue weighted by Crippen LogP contribution is 2.20. The van der Waals surface area contributed by atoms with Gasteiger partial charge in [0.25, 0.3) is 5.91 Å². The van der Waals surface area contributed by atoms with Crippen LogP contribution in [0.15, 0.2) is 47.4 Å². The van der Waals surface area contributed by atoms with E-state index < -0.39 is 21.8 Å². The molecule has 0 heterocycles. The quantitative estimate of drug-likeness (QED) is 0.543. The summed E-state index contributed by atoms with van der Waals surface area (Å²) in [6, 6.07) is 11.3. The maximum absolute atomic E-state index is 12.1. The number of carbonyl (C=O) groups excluding carboxylic acids is 2. The van der Waals surface area contributed by atoms with Crippen molar-refractivity contribution in [1.82, 2.24) is 15.6 Å². The number of rotatable bonds is 8. The molecule has 3 N–H and O–H groups in total. The average molecular weight is 440 g/mol. The van der Waals surface area contributed by atoms with Crippen LogP contribution < -0.4 is 20.3 Å². The minimum Gasteiger partial charge on any atom is -0.484 e. The maximum Gasteiger partial charge on any atom is 0.276 e. The molecule has 0 aliphatic carbocycles. The van der Waals surface area contributed by atoms with Crippen molar-refractivity contribution >= 4 is 33.4 Å². The third kappa shape index (κ3) is 7.37. The van der Waals surface area contributed by atoms with Crippen molar-refractivity contribution < 1.29 is 22.7 Å². The first kappa shape index (κ1) is 22.7. The van der Waals surface area contributed by atoms with Gasteiger partial charge in [-0.1, -0.05) is 29.3 Å². The highest BCUT2D eigenvalue weighted by Gasteiger charge is 2.14. The fourth-order valence-corrected chi connectivity index (χ4v) is 3.34. The molecular formula is C19H22ClN3O5S. The molecule has 29 heavy (non-hydrogen) atoms. The summed E-state index contributed by atoms with van der Waals surface area (Å²) < 4.78 is 31.9. The molecule has 0 atom stereocenters. The number of benzene rings is 2. The third-order valence-corrected chi connectivity index (χ3v) is 5.72. The number of ether oxygens (including phenoxy) is 1. The fourth-order valence-electron chi connectivity index (χ4n) is 2.19. The van der Waals surface area contributed by atoms with Gasteiger partial charge in [0.05, 0.1) is 4.90 Å². The number of nitrogens with one attached hydrogen (secondary N) is 3. The zero-order valence-corrected chi connectivity index (χ0v) is 17.6. The normalized spacial score (nSPS) is 11.0. The summed E-state index contributed by atoms with van der Waals surface area (Å²) in [6.45, 7) is 3.24. The van der Waals surface area contributed by atoms with E-state index in [1.807, 2.05) is 13.8 Å². The van der Waals surface area contributed by atoms with Crippen molar-refractivity contribution in [2.75, 3.05) is 13.2 Å². The van der Waals surface area contributed by atoms with Gasteiger partial charge in [-0.2, -0.15) is 0 Å². The monoisotopic (exact) mass is 439 g/mol. The molecule has 0 radical (unpaired) electrons. The second-order valence-electron chi connectivity index (χ2n) is 6.26.